The van der Waals surface area contributed by atoms with Gasteiger partial charge in [0.05, 0.1) is 5.69 Å². The van der Waals surface area contributed by atoms with Crippen LogP contribution in [0.4, 0.5) is 5.69 Å². The van der Waals surface area contributed by atoms with Gasteiger partial charge < -0.3 is 21.1 Å². The minimum absolute atomic E-state index is 0.131. The van der Waals surface area contributed by atoms with Crippen LogP contribution in [0.5, 0.6) is 5.75 Å². The van der Waals surface area contributed by atoms with E-state index in [0.29, 0.717) is 11.4 Å². The van der Waals surface area contributed by atoms with Crippen LogP contribution in [0, 0.1) is 0 Å². The van der Waals surface area contributed by atoms with Gasteiger partial charge in [0.2, 0.25) is 0 Å². The zero-order chi connectivity index (χ0) is 25.4. The lowest BCUT2D eigenvalue weighted by atomic mass is 9.98. The average Bonchev–Trinajstić information content (AvgIpc) is 2.87. The first-order valence-corrected chi connectivity index (χ1v) is 11.8. The van der Waals surface area contributed by atoms with Crippen molar-refractivity contribution in [2.45, 2.75) is 27.2 Å². The van der Waals surface area contributed by atoms with Crippen LogP contribution in [0.3, 0.4) is 0 Å². The Kier molecular flexibility index (Phi) is 8.58. The van der Waals surface area contributed by atoms with E-state index in [0.717, 1.165) is 52.2 Å². The van der Waals surface area contributed by atoms with Crippen molar-refractivity contribution in [2.24, 2.45) is 5.73 Å². The molecule has 0 fully saturated rings. The monoisotopic (exact) mass is 465 g/mol. The Morgan fingerprint density at radius 2 is 1.69 bits per heavy atom. The van der Waals surface area contributed by atoms with Gasteiger partial charge in [0.1, 0.15) is 5.75 Å². The molecule has 0 saturated carbocycles. The first kappa shape index (κ1) is 25.4. The number of nitrogens with one attached hydrogen (secondary N) is 1. The van der Waals surface area contributed by atoms with Crippen molar-refractivity contribution in [3.8, 4) is 16.9 Å². The van der Waals surface area contributed by atoms with E-state index in [4.69, 9.17) is 5.73 Å². The van der Waals surface area contributed by atoms with Crippen LogP contribution >= 0.6 is 0 Å². The highest BCUT2D eigenvalue weighted by Gasteiger charge is 2.16. The second-order valence-corrected chi connectivity index (χ2v) is 8.59. The highest BCUT2D eigenvalue weighted by atomic mass is 16.3. The first-order chi connectivity index (χ1) is 16.9. The van der Waals surface area contributed by atoms with Crippen LogP contribution in [-0.4, -0.2) is 16.6 Å². The lowest BCUT2D eigenvalue weighted by Crippen LogP contribution is -2.22. The van der Waals surface area contributed by atoms with E-state index in [2.05, 4.69) is 62.3 Å². The third kappa shape index (κ3) is 6.04. The van der Waals surface area contributed by atoms with Crippen LogP contribution in [0.15, 0.2) is 110 Å². The molecule has 180 valence electrons. The number of aromatic hydroxyl groups is 1. The molecule has 4 N–H and O–H groups in total. The van der Waals surface area contributed by atoms with E-state index in [1.165, 1.54) is 0 Å². The lowest BCUT2D eigenvalue weighted by Gasteiger charge is -2.29. The third-order valence-corrected chi connectivity index (χ3v) is 5.78. The maximum absolute atomic E-state index is 10.9. The predicted molar refractivity (Wildman–Crippen MR) is 150 cm³/mol. The molecule has 3 aromatic carbocycles. The Morgan fingerprint density at radius 3 is 2.31 bits per heavy atom. The first-order valence-electron chi connectivity index (χ1n) is 11.8. The highest BCUT2D eigenvalue weighted by Crippen LogP contribution is 2.34. The van der Waals surface area contributed by atoms with Crippen molar-refractivity contribution in [3.63, 3.8) is 0 Å². The van der Waals surface area contributed by atoms with Crippen molar-refractivity contribution in [2.75, 3.05) is 11.9 Å². The fourth-order valence-corrected chi connectivity index (χ4v) is 4.06. The van der Waals surface area contributed by atoms with Crippen molar-refractivity contribution < 1.29 is 5.11 Å². The van der Waals surface area contributed by atoms with Gasteiger partial charge in [0, 0.05) is 34.8 Å². The van der Waals surface area contributed by atoms with Crippen LogP contribution in [0.2, 0.25) is 0 Å². The molecule has 0 bridgehead atoms. The molecule has 0 radical (unpaired) electrons. The van der Waals surface area contributed by atoms with Crippen LogP contribution in [-0.2, 0) is 0 Å². The molecule has 0 aromatic heterocycles. The number of allylic oxidation sites excluding steroid dienone is 2. The van der Waals surface area contributed by atoms with Crippen molar-refractivity contribution in [1.29, 1.82) is 0 Å². The van der Waals surface area contributed by atoms with Gasteiger partial charge >= 0.3 is 0 Å². The summed E-state index contributed by atoms with van der Waals surface area (Å²) in [5.74, 6) is 0.131. The van der Waals surface area contributed by atoms with Crippen LogP contribution < -0.4 is 11.1 Å². The average molecular weight is 466 g/mol. The fourth-order valence-electron chi connectivity index (χ4n) is 4.06. The number of hydrogen-bond donors (Lipinski definition) is 3. The van der Waals surface area contributed by atoms with Crippen LogP contribution in [0.25, 0.3) is 22.5 Å². The zero-order valence-corrected chi connectivity index (χ0v) is 20.9. The summed E-state index contributed by atoms with van der Waals surface area (Å²) in [4.78, 5) is 2.13. The van der Waals surface area contributed by atoms with E-state index in [1.54, 1.807) is 12.3 Å². The Balaban J connectivity index is 1.87. The van der Waals surface area contributed by atoms with Gasteiger partial charge in [-0.25, -0.2) is 0 Å². The van der Waals surface area contributed by atoms with Crippen molar-refractivity contribution in [3.05, 3.63) is 121 Å². The summed E-state index contributed by atoms with van der Waals surface area (Å²) in [5, 5.41) is 14.2. The molecule has 4 heteroatoms. The standard InChI is InChI=1S/C31H35N3O/c1-6-20-34(30(18-19-32)22(2)3)24(5)26-16-17-29(31(35)21-26)33-23(4)27-14-10-11-15-28(27)25-12-8-7-9-13-25/h7-19,21,33,35H,4-6,20,32H2,1-3H3/b19-18-. The summed E-state index contributed by atoms with van der Waals surface area (Å²) >= 11 is 0. The summed E-state index contributed by atoms with van der Waals surface area (Å²) < 4.78 is 0. The molecule has 0 spiro atoms. The van der Waals surface area contributed by atoms with E-state index < -0.39 is 0 Å². The molecular weight excluding hydrogens is 430 g/mol. The second-order valence-electron chi connectivity index (χ2n) is 8.59. The van der Waals surface area contributed by atoms with Gasteiger partial charge in [-0.15, -0.1) is 0 Å². The predicted octanol–water partition coefficient (Wildman–Crippen LogP) is 7.59. The summed E-state index contributed by atoms with van der Waals surface area (Å²) in [6.45, 7) is 15.6. The molecular formula is C31H35N3O. The Hall–Kier alpha value is -4.18. The van der Waals surface area contributed by atoms with Gasteiger partial charge in [-0.2, -0.15) is 0 Å². The molecule has 0 heterocycles. The Morgan fingerprint density at radius 1 is 1.00 bits per heavy atom. The number of rotatable bonds is 10. The van der Waals surface area contributed by atoms with E-state index in [1.807, 2.05) is 54.6 Å². The molecule has 0 aliphatic rings. The third-order valence-electron chi connectivity index (χ3n) is 5.78. The number of nitrogens with zero attached hydrogens (tertiary/aromatic N) is 1. The van der Waals surface area contributed by atoms with Gasteiger partial charge in [-0.3, -0.25) is 0 Å². The molecule has 0 aliphatic carbocycles. The maximum atomic E-state index is 10.9. The molecule has 0 amide bonds. The summed E-state index contributed by atoms with van der Waals surface area (Å²) in [6, 6.07) is 23.8. The number of benzene rings is 3. The topological polar surface area (TPSA) is 61.5 Å². The number of hydrogen-bond acceptors (Lipinski definition) is 4. The lowest BCUT2D eigenvalue weighted by molar-refractivity contribution is 0.475. The van der Waals surface area contributed by atoms with Gasteiger partial charge in [0.15, 0.2) is 0 Å². The number of phenolic OH excluding ortho intramolecular Hbond substituents is 1. The van der Waals surface area contributed by atoms with E-state index in [9.17, 15) is 5.11 Å². The van der Waals surface area contributed by atoms with E-state index >= 15 is 0 Å². The fraction of sp³-hybridized carbons (Fsp3) is 0.161. The maximum Gasteiger partial charge on any atom is 0.139 e. The minimum Gasteiger partial charge on any atom is -0.506 e. The van der Waals surface area contributed by atoms with Crippen molar-refractivity contribution in [1.82, 2.24) is 4.90 Å². The minimum atomic E-state index is 0.131. The molecule has 0 saturated heterocycles. The summed E-state index contributed by atoms with van der Waals surface area (Å²) in [5.41, 5.74) is 13.9. The van der Waals surface area contributed by atoms with Crippen LogP contribution in [0.1, 0.15) is 38.3 Å². The molecule has 0 unspecified atom stereocenters. The van der Waals surface area contributed by atoms with Gasteiger partial charge in [0.25, 0.3) is 0 Å². The van der Waals surface area contributed by atoms with E-state index in [-0.39, 0.29) is 5.75 Å². The van der Waals surface area contributed by atoms with Gasteiger partial charge in [-0.05, 0) is 55.8 Å². The Bertz CT molecular complexity index is 1250. The Labute approximate surface area is 209 Å². The summed E-state index contributed by atoms with van der Waals surface area (Å²) in [7, 11) is 0. The smallest absolute Gasteiger partial charge is 0.139 e. The molecule has 0 aliphatic heterocycles. The number of phenols is 1. The zero-order valence-electron chi connectivity index (χ0n) is 20.9. The molecule has 4 nitrogen and oxygen atoms in total. The number of nitrogens with two attached hydrogens (primary N) is 1. The molecule has 3 aromatic rings. The number of anilines is 1. The molecule has 35 heavy (non-hydrogen) atoms. The summed E-state index contributed by atoms with van der Waals surface area (Å²) in [6.07, 6.45) is 4.38. The quantitative estimate of drug-likeness (QED) is 0.213. The SMILES string of the molecule is C=C(Nc1ccc(C(=C)N(CCC)C(/C=C\N)=C(C)C)cc1O)c1ccccc1-c1ccccc1. The molecule has 0 atom stereocenters. The molecule has 3 rings (SSSR count). The second kappa shape index (κ2) is 11.8. The highest BCUT2D eigenvalue weighted by molar-refractivity contribution is 5.86. The van der Waals surface area contributed by atoms with Gasteiger partial charge in [-0.1, -0.05) is 86.3 Å². The largest absolute Gasteiger partial charge is 0.506 e. The normalized spacial score (nSPS) is 10.7. The van der Waals surface area contributed by atoms with Crippen molar-refractivity contribution >= 4 is 17.1 Å².